The summed E-state index contributed by atoms with van der Waals surface area (Å²) in [7, 11) is 0.752. The Bertz CT molecular complexity index is 1070. The largest absolute Gasteiger partial charge is 0.444 e. The van der Waals surface area contributed by atoms with E-state index in [0.717, 1.165) is 12.5 Å². The van der Waals surface area contributed by atoms with Crippen LogP contribution in [0.25, 0.3) is 11.2 Å². The highest BCUT2D eigenvalue weighted by molar-refractivity contribution is 6.76. The maximum atomic E-state index is 12.8. The molecule has 0 radical (unpaired) electrons. The molecule has 2 amide bonds. The maximum Gasteiger partial charge on any atom is 0.410 e. The minimum absolute atomic E-state index is 0.0733. The van der Waals surface area contributed by atoms with E-state index in [9.17, 15) is 9.59 Å². The van der Waals surface area contributed by atoms with E-state index in [1.165, 1.54) is 0 Å². The fraction of sp³-hybridized carbons (Fsp3) is 0.680. The highest BCUT2D eigenvalue weighted by atomic mass is 28.3. The lowest BCUT2D eigenvalue weighted by Gasteiger charge is -2.27. The molecular formula is C25H42N6O4Si. The fourth-order valence-corrected chi connectivity index (χ4v) is 4.77. The van der Waals surface area contributed by atoms with Gasteiger partial charge < -0.3 is 29.2 Å². The summed E-state index contributed by atoms with van der Waals surface area (Å²) in [6.45, 7) is 17.1. The summed E-state index contributed by atoms with van der Waals surface area (Å²) in [6.07, 6.45) is 3.99. The van der Waals surface area contributed by atoms with Crippen molar-refractivity contribution in [3.05, 3.63) is 18.0 Å². The van der Waals surface area contributed by atoms with E-state index in [4.69, 9.17) is 14.5 Å². The second-order valence-corrected chi connectivity index (χ2v) is 17.2. The van der Waals surface area contributed by atoms with Gasteiger partial charge in [-0.15, -0.1) is 0 Å². The minimum Gasteiger partial charge on any atom is -0.444 e. The zero-order valence-electron chi connectivity index (χ0n) is 23.1. The second-order valence-electron chi connectivity index (χ2n) is 11.6. The molecule has 2 aromatic rings. The molecule has 1 saturated heterocycles. The first kappa shape index (κ1) is 27.9. The summed E-state index contributed by atoms with van der Waals surface area (Å²) >= 11 is 0. The number of likely N-dealkylation sites (N-methyl/N-ethyl adjacent to an activating group) is 1. The van der Waals surface area contributed by atoms with Crippen LogP contribution in [0.15, 0.2) is 12.4 Å². The zero-order chi connectivity index (χ0) is 26.7. The quantitative estimate of drug-likeness (QED) is 0.396. The number of carbonyl (C=O) groups excluding carboxylic acids is 2. The molecule has 0 aliphatic carbocycles. The normalized spacial score (nSPS) is 16.4. The van der Waals surface area contributed by atoms with Crippen LogP contribution in [-0.4, -0.2) is 84.4 Å². The van der Waals surface area contributed by atoms with Crippen LogP contribution in [0.1, 0.15) is 44.5 Å². The summed E-state index contributed by atoms with van der Waals surface area (Å²) in [5.41, 5.74) is 1.10. The second kappa shape index (κ2) is 11.2. The smallest absolute Gasteiger partial charge is 0.410 e. The average Bonchev–Trinajstić information content (AvgIpc) is 3.40. The van der Waals surface area contributed by atoms with Gasteiger partial charge in [0, 0.05) is 53.6 Å². The van der Waals surface area contributed by atoms with E-state index in [0.29, 0.717) is 55.5 Å². The number of likely N-dealkylation sites (tertiary alicyclic amines) is 1. The topological polar surface area (TPSA) is 102 Å². The lowest BCUT2D eigenvalue weighted by Crippen LogP contribution is -2.39. The third kappa shape index (κ3) is 7.19. The monoisotopic (exact) mass is 518 g/mol. The molecule has 0 saturated carbocycles. The van der Waals surface area contributed by atoms with Gasteiger partial charge in [0.2, 0.25) is 0 Å². The zero-order valence-corrected chi connectivity index (χ0v) is 24.1. The van der Waals surface area contributed by atoms with Gasteiger partial charge >= 0.3 is 6.09 Å². The van der Waals surface area contributed by atoms with Crippen LogP contribution in [0.4, 0.5) is 10.6 Å². The van der Waals surface area contributed by atoms with Gasteiger partial charge in [-0.3, -0.25) is 4.79 Å². The molecule has 1 aliphatic rings. The number of ether oxygens (including phenoxy) is 2. The molecule has 10 nitrogen and oxygen atoms in total. The van der Waals surface area contributed by atoms with E-state index < -0.39 is 13.7 Å². The Balaban J connectivity index is 1.79. The Hall–Kier alpha value is -2.66. The third-order valence-electron chi connectivity index (χ3n) is 6.09. The number of nitrogens with one attached hydrogen (secondary N) is 1. The molecule has 0 aromatic carbocycles. The molecule has 2 aromatic heterocycles. The van der Waals surface area contributed by atoms with E-state index >= 15 is 0 Å². The predicted molar refractivity (Wildman–Crippen MR) is 144 cm³/mol. The molecule has 1 fully saturated rings. The highest BCUT2D eigenvalue weighted by Crippen LogP contribution is 2.25. The Morgan fingerprint density at radius 1 is 1.28 bits per heavy atom. The van der Waals surface area contributed by atoms with Crippen LogP contribution in [-0.2, 0) is 16.2 Å². The minimum atomic E-state index is -1.19. The number of hydrogen-bond donors (Lipinski definition) is 1. The van der Waals surface area contributed by atoms with Crippen molar-refractivity contribution in [3.8, 4) is 0 Å². The van der Waals surface area contributed by atoms with Gasteiger partial charge in [0.05, 0.1) is 11.8 Å². The van der Waals surface area contributed by atoms with Gasteiger partial charge in [0.15, 0.2) is 5.65 Å². The number of hydrogen-bond acceptors (Lipinski definition) is 7. The molecule has 1 unspecified atom stereocenters. The van der Waals surface area contributed by atoms with Gasteiger partial charge in [-0.2, -0.15) is 0 Å². The lowest BCUT2D eigenvalue weighted by atomic mass is 10.2. The van der Waals surface area contributed by atoms with Crippen molar-refractivity contribution in [2.24, 2.45) is 0 Å². The van der Waals surface area contributed by atoms with E-state index in [1.807, 2.05) is 44.2 Å². The number of amides is 2. The fourth-order valence-electron chi connectivity index (χ4n) is 4.01. The number of anilines is 1. The van der Waals surface area contributed by atoms with Crippen molar-refractivity contribution >= 4 is 37.1 Å². The van der Waals surface area contributed by atoms with Gasteiger partial charge in [-0.05, 0) is 40.2 Å². The number of carbonyl (C=O) groups is 2. The standard InChI is InChI=1S/C25H42N6O4Si/c1-9-26-23(32)19-16-31(17-34-12-13-36(6,7)8)22-21(19)28-20(14-27-22)29(5)18-10-11-30(15-18)24(33)35-25(2,3)4/h14,16,18H,9-13,15,17H2,1-8H3,(H,26,32). The van der Waals surface area contributed by atoms with Crippen molar-refractivity contribution in [2.75, 3.05) is 38.2 Å². The molecule has 200 valence electrons. The first-order valence-corrected chi connectivity index (χ1v) is 16.4. The van der Waals surface area contributed by atoms with Crippen LogP contribution < -0.4 is 10.2 Å². The molecule has 1 N–H and O–H groups in total. The summed E-state index contributed by atoms with van der Waals surface area (Å²) in [4.78, 5) is 38.6. The van der Waals surface area contributed by atoms with Crippen LogP contribution >= 0.6 is 0 Å². The molecule has 11 heteroatoms. The molecular weight excluding hydrogens is 476 g/mol. The van der Waals surface area contributed by atoms with Crippen LogP contribution in [0.5, 0.6) is 0 Å². The molecule has 0 spiro atoms. The summed E-state index contributed by atoms with van der Waals surface area (Å²) in [5.74, 6) is 0.468. The molecule has 0 bridgehead atoms. The molecule has 36 heavy (non-hydrogen) atoms. The van der Waals surface area contributed by atoms with E-state index in [2.05, 4.69) is 29.9 Å². The van der Waals surface area contributed by atoms with E-state index in [1.54, 1.807) is 17.3 Å². The van der Waals surface area contributed by atoms with Crippen molar-refractivity contribution in [1.29, 1.82) is 0 Å². The first-order valence-electron chi connectivity index (χ1n) is 12.7. The summed E-state index contributed by atoms with van der Waals surface area (Å²) in [5, 5.41) is 2.87. The van der Waals surface area contributed by atoms with Crippen molar-refractivity contribution in [1.82, 2.24) is 24.8 Å². The van der Waals surface area contributed by atoms with E-state index in [-0.39, 0.29) is 18.0 Å². The highest BCUT2D eigenvalue weighted by Gasteiger charge is 2.32. The maximum absolute atomic E-state index is 12.8. The van der Waals surface area contributed by atoms with Gasteiger partial charge in [-0.25, -0.2) is 14.8 Å². The Morgan fingerprint density at radius 3 is 2.64 bits per heavy atom. The third-order valence-corrected chi connectivity index (χ3v) is 7.79. The van der Waals surface area contributed by atoms with Crippen molar-refractivity contribution in [3.63, 3.8) is 0 Å². The van der Waals surface area contributed by atoms with Crippen molar-refractivity contribution in [2.45, 2.75) is 78.2 Å². The molecule has 1 atom stereocenters. The Labute approximate surface area is 215 Å². The number of rotatable bonds is 9. The van der Waals surface area contributed by atoms with Crippen molar-refractivity contribution < 1.29 is 19.1 Å². The SMILES string of the molecule is CCNC(=O)c1cn(COCC[Si](C)(C)C)c2ncc(N(C)C3CCN(C(=O)OC(C)(C)C)C3)nc12. The van der Waals surface area contributed by atoms with Crippen LogP contribution in [0.2, 0.25) is 25.7 Å². The number of nitrogens with zero attached hydrogens (tertiary/aromatic N) is 5. The Kier molecular flexibility index (Phi) is 8.66. The van der Waals surface area contributed by atoms with Gasteiger partial charge in [-0.1, -0.05) is 19.6 Å². The average molecular weight is 519 g/mol. The number of aromatic nitrogens is 3. The van der Waals surface area contributed by atoms with Gasteiger partial charge in [0.1, 0.15) is 23.7 Å². The molecule has 3 rings (SSSR count). The predicted octanol–water partition coefficient (Wildman–Crippen LogP) is 3.94. The van der Waals surface area contributed by atoms with Crippen LogP contribution in [0, 0.1) is 0 Å². The number of fused-ring (bicyclic) bond motifs is 1. The first-order chi connectivity index (χ1) is 16.8. The molecule has 1 aliphatic heterocycles. The summed E-state index contributed by atoms with van der Waals surface area (Å²) in [6, 6.07) is 1.14. The summed E-state index contributed by atoms with van der Waals surface area (Å²) < 4.78 is 13.3. The Morgan fingerprint density at radius 2 is 2.00 bits per heavy atom. The van der Waals surface area contributed by atoms with Gasteiger partial charge in [0.25, 0.3) is 5.91 Å². The van der Waals surface area contributed by atoms with Crippen LogP contribution in [0.3, 0.4) is 0 Å². The molecule has 3 heterocycles. The lowest BCUT2D eigenvalue weighted by molar-refractivity contribution is 0.0292.